The van der Waals surface area contributed by atoms with Crippen molar-refractivity contribution in [1.29, 1.82) is 0 Å². The zero-order chi connectivity index (χ0) is 14.5. The van der Waals surface area contributed by atoms with Crippen molar-refractivity contribution in [1.82, 2.24) is 5.32 Å². The normalized spacial score (nSPS) is 24.8. The van der Waals surface area contributed by atoms with Crippen LogP contribution in [0, 0.1) is 5.92 Å². The van der Waals surface area contributed by atoms with Gasteiger partial charge in [0.1, 0.15) is 0 Å². The average Bonchev–Trinajstić information content (AvgIpc) is 2.82. The molecule has 2 nitrogen and oxygen atoms in total. The second-order valence-corrected chi connectivity index (χ2v) is 7.34. The predicted octanol–water partition coefficient (Wildman–Crippen LogP) is 4.16. The van der Waals surface area contributed by atoms with Gasteiger partial charge in [-0.05, 0) is 56.2 Å². The molecular formula is C18H28N2S. The van der Waals surface area contributed by atoms with Crippen molar-refractivity contribution in [2.24, 2.45) is 5.92 Å². The van der Waals surface area contributed by atoms with Crippen LogP contribution in [-0.4, -0.2) is 31.9 Å². The maximum atomic E-state index is 3.83. The van der Waals surface area contributed by atoms with Crippen LogP contribution < -0.4 is 10.2 Å². The molecule has 1 saturated carbocycles. The van der Waals surface area contributed by atoms with E-state index in [-0.39, 0.29) is 0 Å². The third-order valence-electron chi connectivity index (χ3n) is 5.07. The van der Waals surface area contributed by atoms with Gasteiger partial charge in [-0.15, -0.1) is 11.8 Å². The summed E-state index contributed by atoms with van der Waals surface area (Å²) in [6.07, 6.45) is 10.6. The van der Waals surface area contributed by atoms with Crippen molar-refractivity contribution in [3.8, 4) is 0 Å². The lowest BCUT2D eigenvalue weighted by molar-refractivity contribution is 0.277. The first kappa shape index (κ1) is 15.2. The monoisotopic (exact) mass is 304 g/mol. The molecule has 2 aliphatic rings. The first-order valence-electron chi connectivity index (χ1n) is 8.49. The molecule has 0 radical (unpaired) electrons. The van der Waals surface area contributed by atoms with E-state index in [4.69, 9.17) is 0 Å². The van der Waals surface area contributed by atoms with Gasteiger partial charge in [-0.2, -0.15) is 0 Å². The smallest absolute Gasteiger partial charge is 0.0377 e. The highest BCUT2D eigenvalue weighted by atomic mass is 32.2. The lowest BCUT2D eigenvalue weighted by Crippen LogP contribution is -2.43. The first-order valence-corrected chi connectivity index (χ1v) is 9.71. The third kappa shape index (κ3) is 3.95. The Morgan fingerprint density at radius 3 is 2.81 bits per heavy atom. The molecule has 1 aromatic rings. The van der Waals surface area contributed by atoms with E-state index in [0.717, 1.165) is 5.92 Å². The van der Waals surface area contributed by atoms with E-state index >= 15 is 0 Å². The molecule has 1 saturated heterocycles. The molecule has 0 aromatic heterocycles. The first-order chi connectivity index (χ1) is 10.4. The van der Waals surface area contributed by atoms with Crippen molar-refractivity contribution in [3.63, 3.8) is 0 Å². The Morgan fingerprint density at radius 1 is 1.14 bits per heavy atom. The van der Waals surface area contributed by atoms with E-state index in [1.165, 1.54) is 68.7 Å². The molecule has 1 aliphatic carbocycles. The van der Waals surface area contributed by atoms with Crippen LogP contribution in [0.5, 0.6) is 0 Å². The highest BCUT2D eigenvalue weighted by molar-refractivity contribution is 7.98. The Bertz CT molecular complexity index is 443. The Morgan fingerprint density at radius 2 is 2.00 bits per heavy atom. The predicted molar refractivity (Wildman–Crippen MR) is 93.4 cm³/mol. The van der Waals surface area contributed by atoms with Gasteiger partial charge in [-0.25, -0.2) is 0 Å². The minimum absolute atomic E-state index is 0.686. The van der Waals surface area contributed by atoms with Gasteiger partial charge in [0.05, 0.1) is 0 Å². The number of hydrogen-bond donors (Lipinski definition) is 1. The van der Waals surface area contributed by atoms with E-state index in [1.807, 2.05) is 11.8 Å². The molecule has 1 unspecified atom stereocenters. The molecule has 1 heterocycles. The summed E-state index contributed by atoms with van der Waals surface area (Å²) in [4.78, 5) is 3.98. The van der Waals surface area contributed by atoms with Gasteiger partial charge in [0, 0.05) is 29.7 Å². The minimum Gasteiger partial charge on any atom is -0.370 e. The van der Waals surface area contributed by atoms with Gasteiger partial charge in [0.25, 0.3) is 0 Å². The molecule has 1 aromatic carbocycles. The molecule has 3 rings (SSSR count). The highest BCUT2D eigenvalue weighted by Gasteiger charge is 2.27. The minimum atomic E-state index is 0.686. The fourth-order valence-electron chi connectivity index (χ4n) is 3.84. The molecule has 0 amide bonds. The van der Waals surface area contributed by atoms with E-state index in [1.54, 1.807) is 0 Å². The van der Waals surface area contributed by atoms with Crippen LogP contribution in [0.3, 0.4) is 0 Å². The van der Waals surface area contributed by atoms with Crippen LogP contribution in [0.2, 0.25) is 0 Å². The lowest BCUT2D eigenvalue weighted by Gasteiger charge is -2.33. The second kappa shape index (κ2) is 7.55. The number of nitrogens with one attached hydrogen (secondary N) is 1. The highest BCUT2D eigenvalue weighted by Crippen LogP contribution is 2.29. The van der Waals surface area contributed by atoms with Gasteiger partial charge in [0.2, 0.25) is 0 Å². The molecule has 1 N–H and O–H groups in total. The second-order valence-electron chi connectivity index (χ2n) is 6.46. The van der Waals surface area contributed by atoms with Crippen molar-refractivity contribution in [3.05, 3.63) is 24.3 Å². The number of hydrogen-bond acceptors (Lipinski definition) is 3. The maximum Gasteiger partial charge on any atom is 0.0377 e. The van der Waals surface area contributed by atoms with Gasteiger partial charge >= 0.3 is 0 Å². The summed E-state index contributed by atoms with van der Waals surface area (Å²) in [6.45, 7) is 3.55. The van der Waals surface area contributed by atoms with Crippen LogP contribution in [0.15, 0.2) is 29.2 Å². The fraction of sp³-hybridized carbons (Fsp3) is 0.667. The molecule has 2 fully saturated rings. The molecule has 3 heteroatoms. The van der Waals surface area contributed by atoms with Crippen LogP contribution in [0.1, 0.15) is 38.5 Å². The van der Waals surface area contributed by atoms with E-state index in [2.05, 4.69) is 40.7 Å². The average molecular weight is 305 g/mol. The third-order valence-corrected chi connectivity index (χ3v) is 5.79. The maximum absolute atomic E-state index is 3.83. The van der Waals surface area contributed by atoms with Crippen LogP contribution in [0.4, 0.5) is 5.69 Å². The van der Waals surface area contributed by atoms with Gasteiger partial charge in [-0.1, -0.05) is 25.3 Å². The Balaban J connectivity index is 1.71. The summed E-state index contributed by atoms with van der Waals surface area (Å²) in [5.41, 5.74) is 1.41. The van der Waals surface area contributed by atoms with E-state index in [9.17, 15) is 0 Å². The molecule has 1 atom stereocenters. The van der Waals surface area contributed by atoms with E-state index in [0.29, 0.717) is 6.04 Å². The summed E-state index contributed by atoms with van der Waals surface area (Å²) < 4.78 is 0. The summed E-state index contributed by atoms with van der Waals surface area (Å²) >= 11 is 1.84. The number of thioether (sulfide) groups is 1. The van der Waals surface area contributed by atoms with Crippen LogP contribution in [0.25, 0.3) is 0 Å². The van der Waals surface area contributed by atoms with Crippen molar-refractivity contribution < 1.29 is 0 Å². The SMILES string of the molecule is CSc1cccc(N2CCCNC(C3CCCCC3)C2)c1. The Hall–Kier alpha value is -0.670. The number of nitrogens with zero attached hydrogens (tertiary/aromatic N) is 1. The number of benzene rings is 1. The quantitative estimate of drug-likeness (QED) is 0.844. The molecule has 116 valence electrons. The van der Waals surface area contributed by atoms with Crippen LogP contribution in [-0.2, 0) is 0 Å². The van der Waals surface area contributed by atoms with Crippen LogP contribution >= 0.6 is 11.8 Å². The van der Waals surface area contributed by atoms with Gasteiger partial charge in [0.15, 0.2) is 0 Å². The molecule has 21 heavy (non-hydrogen) atoms. The summed E-state index contributed by atoms with van der Waals surface area (Å²) in [5, 5.41) is 3.83. The Labute approximate surface area is 133 Å². The standard InChI is InChI=1S/C18H28N2S/c1-21-17-10-5-9-16(13-17)20-12-6-11-19-18(14-20)15-7-3-2-4-8-15/h5,9-10,13,15,18-19H,2-4,6-8,11-12,14H2,1H3. The zero-order valence-corrected chi connectivity index (χ0v) is 14.0. The zero-order valence-electron chi connectivity index (χ0n) is 13.2. The molecule has 1 aliphatic heterocycles. The van der Waals surface area contributed by atoms with Gasteiger partial charge < -0.3 is 10.2 Å². The summed E-state index contributed by atoms with van der Waals surface area (Å²) in [6, 6.07) is 9.74. The molecular weight excluding hydrogens is 276 g/mol. The number of rotatable bonds is 3. The summed E-state index contributed by atoms with van der Waals surface area (Å²) in [7, 11) is 0. The topological polar surface area (TPSA) is 15.3 Å². The van der Waals surface area contributed by atoms with Crippen molar-refractivity contribution >= 4 is 17.4 Å². The lowest BCUT2D eigenvalue weighted by atomic mass is 9.83. The van der Waals surface area contributed by atoms with Crippen molar-refractivity contribution in [2.45, 2.75) is 49.5 Å². The van der Waals surface area contributed by atoms with Crippen molar-refractivity contribution in [2.75, 3.05) is 30.8 Å². The summed E-state index contributed by atoms with van der Waals surface area (Å²) in [5.74, 6) is 0.892. The Kier molecular flexibility index (Phi) is 5.48. The fourth-order valence-corrected chi connectivity index (χ4v) is 4.30. The molecule has 0 bridgehead atoms. The largest absolute Gasteiger partial charge is 0.370 e. The van der Waals surface area contributed by atoms with Gasteiger partial charge in [-0.3, -0.25) is 0 Å². The number of anilines is 1. The molecule has 0 spiro atoms. The van der Waals surface area contributed by atoms with E-state index < -0.39 is 0 Å².